The van der Waals surface area contributed by atoms with Crippen LogP contribution in [0.25, 0.3) is 10.9 Å². The number of carbonyl (C=O) groups is 1. The zero-order valence-electron chi connectivity index (χ0n) is 12.8. The number of rotatable bonds is 3. The number of hydrogen-bond acceptors (Lipinski definition) is 5. The zero-order valence-corrected chi connectivity index (χ0v) is 12.8. The van der Waals surface area contributed by atoms with Crippen molar-refractivity contribution in [1.82, 2.24) is 15.0 Å². The molecular weight excluding hydrogens is 294 g/mol. The summed E-state index contributed by atoms with van der Waals surface area (Å²) in [5.41, 5.74) is 2.56. The minimum Gasteiger partial charge on any atom is -0.439 e. The standard InChI is InChI=1S/C17H15N3O3/c1-11-7-12(2)9-13(8-11)17(22)23-10-20-16(21)14-5-3-4-6-15(14)18-19-20/h3-9H,10H2,1-2H3. The molecule has 23 heavy (non-hydrogen) atoms. The Morgan fingerprint density at radius 3 is 2.57 bits per heavy atom. The average molecular weight is 309 g/mol. The van der Waals surface area contributed by atoms with Gasteiger partial charge < -0.3 is 4.74 Å². The monoisotopic (exact) mass is 309 g/mol. The normalized spacial score (nSPS) is 10.7. The summed E-state index contributed by atoms with van der Waals surface area (Å²) in [4.78, 5) is 24.4. The Bertz CT molecular complexity index is 927. The topological polar surface area (TPSA) is 74.1 Å². The van der Waals surface area contributed by atoms with Crippen molar-refractivity contribution in [2.45, 2.75) is 20.6 Å². The van der Waals surface area contributed by atoms with Gasteiger partial charge in [0.15, 0.2) is 6.73 Å². The maximum atomic E-state index is 12.3. The van der Waals surface area contributed by atoms with Crippen molar-refractivity contribution in [3.63, 3.8) is 0 Å². The van der Waals surface area contributed by atoms with Gasteiger partial charge >= 0.3 is 5.97 Å². The van der Waals surface area contributed by atoms with E-state index in [1.54, 1.807) is 36.4 Å². The van der Waals surface area contributed by atoms with E-state index in [2.05, 4.69) is 10.3 Å². The molecule has 0 atom stereocenters. The van der Waals surface area contributed by atoms with Gasteiger partial charge in [-0.2, -0.15) is 4.68 Å². The van der Waals surface area contributed by atoms with Gasteiger partial charge in [-0.3, -0.25) is 4.79 Å². The summed E-state index contributed by atoms with van der Waals surface area (Å²) in [5, 5.41) is 8.16. The van der Waals surface area contributed by atoms with Crippen molar-refractivity contribution in [3.8, 4) is 0 Å². The van der Waals surface area contributed by atoms with Gasteiger partial charge in [-0.1, -0.05) is 34.5 Å². The van der Waals surface area contributed by atoms with Crippen LogP contribution in [0.1, 0.15) is 21.5 Å². The number of aromatic nitrogens is 3. The third-order valence-electron chi connectivity index (χ3n) is 3.40. The first-order valence-electron chi connectivity index (χ1n) is 7.12. The molecule has 3 rings (SSSR count). The van der Waals surface area contributed by atoms with E-state index in [1.807, 2.05) is 19.9 Å². The van der Waals surface area contributed by atoms with Crippen LogP contribution < -0.4 is 5.56 Å². The minimum absolute atomic E-state index is 0.275. The molecule has 0 saturated carbocycles. The largest absolute Gasteiger partial charge is 0.439 e. The van der Waals surface area contributed by atoms with Gasteiger partial charge in [0, 0.05) is 0 Å². The lowest BCUT2D eigenvalue weighted by molar-refractivity contribution is 0.0336. The Labute approximate surface area is 132 Å². The Kier molecular flexibility index (Phi) is 3.89. The Hall–Kier alpha value is -3.02. The molecule has 0 aliphatic rings. The van der Waals surface area contributed by atoms with Gasteiger partial charge in [0.25, 0.3) is 5.56 Å². The lowest BCUT2D eigenvalue weighted by atomic mass is 10.1. The molecule has 0 radical (unpaired) electrons. The zero-order chi connectivity index (χ0) is 16.4. The van der Waals surface area contributed by atoms with Gasteiger partial charge in [0.2, 0.25) is 0 Å². The highest BCUT2D eigenvalue weighted by Crippen LogP contribution is 2.10. The second-order valence-corrected chi connectivity index (χ2v) is 5.35. The van der Waals surface area contributed by atoms with Gasteiger partial charge in [-0.05, 0) is 38.1 Å². The van der Waals surface area contributed by atoms with Gasteiger partial charge in [0.05, 0.1) is 10.9 Å². The predicted molar refractivity (Wildman–Crippen MR) is 85.1 cm³/mol. The number of ether oxygens (including phenoxy) is 1. The van der Waals surface area contributed by atoms with Crippen molar-refractivity contribution in [3.05, 3.63) is 69.5 Å². The smallest absolute Gasteiger partial charge is 0.339 e. The summed E-state index contributed by atoms with van der Waals surface area (Å²) >= 11 is 0. The fourth-order valence-corrected chi connectivity index (χ4v) is 2.40. The Balaban J connectivity index is 1.82. The van der Waals surface area contributed by atoms with Crippen LogP contribution in [0.5, 0.6) is 0 Å². The summed E-state index contributed by atoms with van der Waals surface area (Å²) in [6.45, 7) is 3.54. The summed E-state index contributed by atoms with van der Waals surface area (Å²) in [5.74, 6) is -0.501. The highest BCUT2D eigenvalue weighted by molar-refractivity contribution is 5.89. The summed E-state index contributed by atoms with van der Waals surface area (Å²) in [6, 6.07) is 12.3. The highest BCUT2D eigenvalue weighted by Gasteiger charge is 2.11. The number of fused-ring (bicyclic) bond motifs is 1. The van der Waals surface area contributed by atoms with Crippen LogP contribution in [0.4, 0.5) is 0 Å². The third kappa shape index (κ3) is 3.11. The van der Waals surface area contributed by atoms with E-state index >= 15 is 0 Å². The minimum atomic E-state index is -0.501. The van der Waals surface area contributed by atoms with E-state index in [0.717, 1.165) is 15.8 Å². The van der Waals surface area contributed by atoms with Crippen molar-refractivity contribution < 1.29 is 9.53 Å². The van der Waals surface area contributed by atoms with E-state index in [0.29, 0.717) is 16.5 Å². The predicted octanol–water partition coefficient (Wildman–Crippen LogP) is 2.22. The number of aryl methyl sites for hydroxylation is 2. The Morgan fingerprint density at radius 1 is 1.13 bits per heavy atom. The van der Waals surface area contributed by atoms with Crippen LogP contribution >= 0.6 is 0 Å². The molecule has 2 aromatic carbocycles. The average Bonchev–Trinajstić information content (AvgIpc) is 2.53. The maximum Gasteiger partial charge on any atom is 0.339 e. The summed E-state index contributed by atoms with van der Waals surface area (Å²) in [7, 11) is 0. The highest BCUT2D eigenvalue weighted by atomic mass is 16.5. The summed E-state index contributed by atoms with van der Waals surface area (Å²) in [6.07, 6.45) is 0. The van der Waals surface area contributed by atoms with Crippen molar-refractivity contribution in [1.29, 1.82) is 0 Å². The molecule has 6 heteroatoms. The number of carbonyl (C=O) groups excluding carboxylic acids is 1. The van der Waals surface area contributed by atoms with E-state index in [9.17, 15) is 9.59 Å². The van der Waals surface area contributed by atoms with Gasteiger partial charge in [-0.25, -0.2) is 4.79 Å². The first-order chi connectivity index (χ1) is 11.0. The van der Waals surface area contributed by atoms with E-state index in [-0.39, 0.29) is 12.3 Å². The van der Waals surface area contributed by atoms with E-state index in [1.165, 1.54) is 0 Å². The molecule has 116 valence electrons. The van der Waals surface area contributed by atoms with Crippen molar-refractivity contribution in [2.24, 2.45) is 0 Å². The number of nitrogens with zero attached hydrogens (tertiary/aromatic N) is 3. The third-order valence-corrected chi connectivity index (χ3v) is 3.40. The SMILES string of the molecule is Cc1cc(C)cc(C(=O)OCn2nnc3ccccc3c2=O)c1. The van der Waals surface area contributed by atoms with Crippen LogP contribution in [0.2, 0.25) is 0 Å². The molecule has 0 aliphatic heterocycles. The van der Waals surface area contributed by atoms with E-state index < -0.39 is 5.97 Å². The molecular formula is C17H15N3O3. The van der Waals surface area contributed by atoms with Crippen LogP contribution in [0.3, 0.4) is 0 Å². The number of hydrogen-bond donors (Lipinski definition) is 0. The molecule has 0 saturated heterocycles. The number of benzene rings is 2. The van der Waals surface area contributed by atoms with Crippen LogP contribution in [-0.2, 0) is 11.5 Å². The Morgan fingerprint density at radius 2 is 1.83 bits per heavy atom. The molecule has 0 amide bonds. The van der Waals surface area contributed by atoms with Crippen molar-refractivity contribution in [2.75, 3.05) is 0 Å². The molecule has 0 N–H and O–H groups in total. The molecule has 0 spiro atoms. The summed E-state index contributed by atoms with van der Waals surface area (Å²) < 4.78 is 6.21. The molecule has 0 aliphatic carbocycles. The first-order valence-corrected chi connectivity index (χ1v) is 7.12. The molecule has 0 bridgehead atoms. The van der Waals surface area contributed by atoms with E-state index in [4.69, 9.17) is 4.74 Å². The molecule has 0 unspecified atom stereocenters. The van der Waals surface area contributed by atoms with Gasteiger partial charge in [0.1, 0.15) is 5.52 Å². The molecule has 3 aromatic rings. The lowest BCUT2D eigenvalue weighted by Crippen LogP contribution is -2.26. The second kappa shape index (κ2) is 6.00. The maximum absolute atomic E-state index is 12.3. The molecule has 1 aromatic heterocycles. The molecule has 0 fully saturated rings. The fourth-order valence-electron chi connectivity index (χ4n) is 2.40. The molecule has 1 heterocycles. The second-order valence-electron chi connectivity index (χ2n) is 5.35. The quantitative estimate of drug-likeness (QED) is 0.694. The fraction of sp³-hybridized carbons (Fsp3) is 0.176. The first kappa shape index (κ1) is 14.9. The lowest BCUT2D eigenvalue weighted by Gasteiger charge is -2.08. The molecule has 6 nitrogen and oxygen atoms in total. The van der Waals surface area contributed by atoms with Crippen LogP contribution in [0.15, 0.2) is 47.3 Å². The van der Waals surface area contributed by atoms with Gasteiger partial charge in [-0.15, -0.1) is 5.10 Å². The van der Waals surface area contributed by atoms with Crippen molar-refractivity contribution >= 4 is 16.9 Å². The number of esters is 1. The van der Waals surface area contributed by atoms with Crippen LogP contribution in [0, 0.1) is 13.8 Å². The van der Waals surface area contributed by atoms with Crippen LogP contribution in [-0.4, -0.2) is 21.0 Å².